The smallest absolute Gasteiger partial charge is 0.183 e. The van der Waals surface area contributed by atoms with Crippen LogP contribution in [0.2, 0.25) is 0 Å². The Bertz CT molecular complexity index is 422. The van der Waals surface area contributed by atoms with Crippen molar-refractivity contribution in [3.05, 3.63) is 42.0 Å². The standard InChI is InChI=1S/C17H23NO/c1-19-17-14-7-3-6-12-16(18-17)13-8-11-15-9-4-2-5-10-15/h2,4-5,8-11,16H,3,6-7,12-14H2,1H3/b11-8+,18-17+. The maximum atomic E-state index is 5.35. The molecule has 0 bridgehead atoms. The molecule has 0 N–H and O–H groups in total. The summed E-state index contributed by atoms with van der Waals surface area (Å²) >= 11 is 0. The molecule has 2 rings (SSSR count). The van der Waals surface area contributed by atoms with Gasteiger partial charge in [0.25, 0.3) is 0 Å². The van der Waals surface area contributed by atoms with Gasteiger partial charge >= 0.3 is 0 Å². The molecule has 2 heteroatoms. The Balaban J connectivity index is 1.93. The molecule has 1 aromatic carbocycles. The average molecular weight is 257 g/mol. The van der Waals surface area contributed by atoms with E-state index in [1.807, 2.05) is 6.07 Å². The first-order chi connectivity index (χ1) is 9.38. The number of ether oxygens (including phenoxy) is 1. The zero-order valence-electron chi connectivity index (χ0n) is 11.7. The van der Waals surface area contributed by atoms with Crippen molar-refractivity contribution in [2.45, 2.75) is 44.6 Å². The molecule has 1 aliphatic rings. The molecule has 102 valence electrons. The van der Waals surface area contributed by atoms with Crippen LogP contribution >= 0.6 is 0 Å². The monoisotopic (exact) mass is 257 g/mol. The Kier molecular flexibility index (Phi) is 5.67. The van der Waals surface area contributed by atoms with E-state index in [1.165, 1.54) is 31.2 Å². The number of benzene rings is 1. The van der Waals surface area contributed by atoms with Crippen LogP contribution in [0.25, 0.3) is 6.08 Å². The molecule has 0 spiro atoms. The van der Waals surface area contributed by atoms with Crippen LogP contribution in [0.1, 0.15) is 44.1 Å². The normalized spacial score (nSPS) is 23.4. The van der Waals surface area contributed by atoms with Crippen LogP contribution < -0.4 is 0 Å². The fraction of sp³-hybridized carbons (Fsp3) is 0.471. The third kappa shape index (κ3) is 4.90. The summed E-state index contributed by atoms with van der Waals surface area (Å²) in [6, 6.07) is 10.8. The molecule has 1 aromatic rings. The maximum absolute atomic E-state index is 5.35. The fourth-order valence-corrected chi connectivity index (χ4v) is 2.42. The fourth-order valence-electron chi connectivity index (χ4n) is 2.42. The van der Waals surface area contributed by atoms with E-state index in [0.717, 1.165) is 18.7 Å². The SMILES string of the molecule is CO/C1=N/C(C/C=C/c2ccccc2)CCCCC1. The van der Waals surface area contributed by atoms with Crippen molar-refractivity contribution in [2.75, 3.05) is 7.11 Å². The van der Waals surface area contributed by atoms with Crippen molar-refractivity contribution in [1.29, 1.82) is 0 Å². The third-order valence-electron chi connectivity index (χ3n) is 3.51. The molecule has 1 aliphatic heterocycles. The molecule has 1 unspecified atom stereocenters. The Morgan fingerprint density at radius 2 is 2.05 bits per heavy atom. The van der Waals surface area contributed by atoms with Gasteiger partial charge in [0.15, 0.2) is 5.90 Å². The van der Waals surface area contributed by atoms with Gasteiger partial charge in [-0.05, 0) is 24.8 Å². The first kappa shape index (κ1) is 13.9. The Morgan fingerprint density at radius 3 is 2.84 bits per heavy atom. The number of aliphatic imine (C=N–C) groups is 1. The van der Waals surface area contributed by atoms with Crippen LogP contribution in [0.3, 0.4) is 0 Å². The molecule has 0 amide bonds. The summed E-state index contributed by atoms with van der Waals surface area (Å²) in [4.78, 5) is 4.73. The van der Waals surface area contributed by atoms with Crippen LogP contribution in [0, 0.1) is 0 Å². The molecule has 0 saturated heterocycles. The van der Waals surface area contributed by atoms with E-state index >= 15 is 0 Å². The Hall–Kier alpha value is -1.57. The number of nitrogens with zero attached hydrogens (tertiary/aromatic N) is 1. The summed E-state index contributed by atoms with van der Waals surface area (Å²) in [5.74, 6) is 0.929. The van der Waals surface area contributed by atoms with E-state index in [9.17, 15) is 0 Å². The van der Waals surface area contributed by atoms with E-state index in [1.54, 1.807) is 7.11 Å². The minimum atomic E-state index is 0.384. The highest BCUT2D eigenvalue weighted by Crippen LogP contribution is 2.17. The van der Waals surface area contributed by atoms with Crippen molar-refractivity contribution >= 4 is 12.0 Å². The number of hydrogen-bond donors (Lipinski definition) is 0. The highest BCUT2D eigenvalue weighted by atomic mass is 16.5. The predicted molar refractivity (Wildman–Crippen MR) is 81.4 cm³/mol. The average Bonchev–Trinajstić information content (AvgIpc) is 2.42. The van der Waals surface area contributed by atoms with Gasteiger partial charge < -0.3 is 4.74 Å². The van der Waals surface area contributed by atoms with Gasteiger partial charge in [-0.25, -0.2) is 0 Å². The van der Waals surface area contributed by atoms with E-state index < -0.39 is 0 Å². The molecule has 2 nitrogen and oxygen atoms in total. The summed E-state index contributed by atoms with van der Waals surface area (Å²) < 4.78 is 5.35. The molecule has 0 saturated carbocycles. The van der Waals surface area contributed by atoms with E-state index in [-0.39, 0.29) is 0 Å². The van der Waals surface area contributed by atoms with Crippen LogP contribution in [0.4, 0.5) is 0 Å². The quantitative estimate of drug-likeness (QED) is 0.783. The van der Waals surface area contributed by atoms with Crippen molar-refractivity contribution in [1.82, 2.24) is 0 Å². The van der Waals surface area contributed by atoms with Gasteiger partial charge in [-0.15, -0.1) is 0 Å². The molecule has 0 aromatic heterocycles. The molecule has 0 fully saturated rings. The summed E-state index contributed by atoms with van der Waals surface area (Å²) in [6.45, 7) is 0. The first-order valence-corrected chi connectivity index (χ1v) is 7.21. The number of hydrogen-bond acceptors (Lipinski definition) is 2. The molecule has 1 heterocycles. The van der Waals surface area contributed by atoms with Crippen LogP contribution in [0.5, 0.6) is 0 Å². The zero-order valence-corrected chi connectivity index (χ0v) is 11.7. The largest absolute Gasteiger partial charge is 0.484 e. The second-order valence-electron chi connectivity index (χ2n) is 5.03. The maximum Gasteiger partial charge on any atom is 0.183 e. The van der Waals surface area contributed by atoms with Crippen molar-refractivity contribution < 1.29 is 4.74 Å². The summed E-state index contributed by atoms with van der Waals surface area (Å²) in [5.41, 5.74) is 1.25. The van der Waals surface area contributed by atoms with Gasteiger partial charge in [0.2, 0.25) is 0 Å². The summed E-state index contributed by atoms with van der Waals surface area (Å²) in [7, 11) is 1.73. The van der Waals surface area contributed by atoms with Crippen LogP contribution in [0.15, 0.2) is 41.4 Å². The Morgan fingerprint density at radius 1 is 1.21 bits per heavy atom. The lowest BCUT2D eigenvalue weighted by Gasteiger charge is -2.16. The van der Waals surface area contributed by atoms with Crippen molar-refractivity contribution in [3.63, 3.8) is 0 Å². The topological polar surface area (TPSA) is 21.6 Å². The molecular formula is C17H23NO. The van der Waals surface area contributed by atoms with E-state index in [4.69, 9.17) is 9.73 Å². The molecular weight excluding hydrogens is 234 g/mol. The lowest BCUT2D eigenvalue weighted by atomic mass is 10.0. The van der Waals surface area contributed by atoms with Crippen molar-refractivity contribution in [3.8, 4) is 0 Å². The number of rotatable bonds is 3. The Labute approximate surface area is 116 Å². The summed E-state index contributed by atoms with van der Waals surface area (Å²) in [5, 5.41) is 0. The van der Waals surface area contributed by atoms with Gasteiger partial charge in [0.05, 0.1) is 13.2 Å². The number of methoxy groups -OCH3 is 1. The van der Waals surface area contributed by atoms with E-state index in [2.05, 4.69) is 36.4 Å². The van der Waals surface area contributed by atoms with Crippen LogP contribution in [-0.2, 0) is 4.74 Å². The zero-order chi connectivity index (χ0) is 13.3. The van der Waals surface area contributed by atoms with Gasteiger partial charge in [-0.1, -0.05) is 55.3 Å². The highest BCUT2D eigenvalue weighted by Gasteiger charge is 2.11. The minimum Gasteiger partial charge on any atom is -0.484 e. The minimum absolute atomic E-state index is 0.384. The van der Waals surface area contributed by atoms with Crippen LogP contribution in [-0.4, -0.2) is 19.0 Å². The predicted octanol–water partition coefficient (Wildman–Crippen LogP) is 4.47. The van der Waals surface area contributed by atoms with Gasteiger partial charge in [0, 0.05) is 6.42 Å². The summed E-state index contributed by atoms with van der Waals surface area (Å²) in [6.07, 6.45) is 11.4. The lowest BCUT2D eigenvalue weighted by Crippen LogP contribution is -2.13. The van der Waals surface area contributed by atoms with Gasteiger partial charge in [-0.2, -0.15) is 0 Å². The molecule has 19 heavy (non-hydrogen) atoms. The van der Waals surface area contributed by atoms with Crippen molar-refractivity contribution in [2.24, 2.45) is 4.99 Å². The molecule has 1 atom stereocenters. The lowest BCUT2D eigenvalue weighted by molar-refractivity contribution is 0.372. The first-order valence-electron chi connectivity index (χ1n) is 7.21. The third-order valence-corrected chi connectivity index (χ3v) is 3.51. The highest BCUT2D eigenvalue weighted by molar-refractivity contribution is 5.76. The second-order valence-corrected chi connectivity index (χ2v) is 5.03. The van der Waals surface area contributed by atoms with Gasteiger partial charge in [-0.3, -0.25) is 4.99 Å². The molecule has 0 radical (unpaired) electrons. The second kappa shape index (κ2) is 7.78. The molecule has 0 aliphatic carbocycles. The van der Waals surface area contributed by atoms with Gasteiger partial charge in [0.1, 0.15) is 0 Å². The van der Waals surface area contributed by atoms with E-state index in [0.29, 0.717) is 6.04 Å².